The molecule has 0 saturated carbocycles. The number of hydrogen-bond donors (Lipinski definition) is 4. The molecule has 13 nitrogen and oxygen atoms in total. The highest BCUT2D eigenvalue weighted by atomic mass is 32.1. The maximum absolute atomic E-state index is 13.4. The van der Waals surface area contributed by atoms with Crippen LogP contribution in [0.1, 0.15) is 21.7 Å². The lowest BCUT2D eigenvalue weighted by Crippen LogP contribution is -2.49. The Morgan fingerprint density at radius 2 is 1.70 bits per heavy atom. The summed E-state index contributed by atoms with van der Waals surface area (Å²) in [7, 11) is 0. The molecule has 16 heteroatoms. The van der Waals surface area contributed by atoms with Crippen molar-refractivity contribution in [3.05, 3.63) is 81.6 Å². The van der Waals surface area contributed by atoms with E-state index in [-0.39, 0.29) is 37.7 Å². The summed E-state index contributed by atoms with van der Waals surface area (Å²) in [6, 6.07) is 12.7. The monoisotopic (exact) mass is 681 g/mol. The van der Waals surface area contributed by atoms with Crippen LogP contribution in [-0.2, 0) is 25.6 Å². The number of carbonyl (C=O) groups excluding carboxylic acids is 3. The van der Waals surface area contributed by atoms with Crippen molar-refractivity contribution in [1.29, 1.82) is 0 Å². The molecule has 6 rings (SSSR count). The zero-order chi connectivity index (χ0) is 33.0. The van der Waals surface area contributed by atoms with Crippen LogP contribution in [0.4, 0.5) is 15.0 Å². The number of hydrogen-bond acceptors (Lipinski definition) is 10. The summed E-state index contributed by atoms with van der Waals surface area (Å²) in [5.74, 6) is -1.72. The van der Waals surface area contributed by atoms with Gasteiger partial charge in [-0.3, -0.25) is 19.7 Å². The number of halogens is 1. The first-order valence-corrected chi connectivity index (χ1v) is 16.1. The largest absolute Gasteiger partial charge is 0.465 e. The van der Waals surface area contributed by atoms with Crippen LogP contribution < -0.4 is 20.7 Å². The molecule has 0 radical (unpaired) electrons. The second-order valence-corrected chi connectivity index (χ2v) is 12.5. The number of rotatable bonds is 10. The number of thiophene rings is 1. The van der Waals surface area contributed by atoms with Gasteiger partial charge in [-0.25, -0.2) is 14.2 Å². The van der Waals surface area contributed by atoms with E-state index in [2.05, 4.69) is 20.9 Å². The number of anilines is 1. The Morgan fingerprint density at radius 3 is 2.40 bits per heavy atom. The van der Waals surface area contributed by atoms with Crippen LogP contribution in [0.25, 0.3) is 10.6 Å². The van der Waals surface area contributed by atoms with Crippen molar-refractivity contribution < 1.29 is 42.9 Å². The first-order valence-electron chi connectivity index (χ1n) is 14.4. The third-order valence-corrected chi connectivity index (χ3v) is 9.20. The molecule has 0 bridgehead atoms. The first kappa shape index (κ1) is 32.1. The number of carbonyl (C=O) groups is 4. The number of thiazole rings is 1. The van der Waals surface area contributed by atoms with Gasteiger partial charge in [0.2, 0.25) is 11.8 Å². The van der Waals surface area contributed by atoms with Crippen molar-refractivity contribution in [1.82, 2.24) is 20.5 Å². The zero-order valence-electron chi connectivity index (χ0n) is 24.6. The Labute approximate surface area is 275 Å². The lowest BCUT2D eigenvalue weighted by Gasteiger charge is -2.24. The maximum Gasteiger partial charge on any atom is 0.410 e. The third-order valence-electron chi connectivity index (χ3n) is 7.37. The van der Waals surface area contributed by atoms with Crippen molar-refractivity contribution >= 4 is 52.3 Å². The van der Waals surface area contributed by atoms with Crippen LogP contribution in [0.5, 0.6) is 11.5 Å². The summed E-state index contributed by atoms with van der Waals surface area (Å²) in [5.41, 5.74) is 1.08. The van der Waals surface area contributed by atoms with Gasteiger partial charge >= 0.3 is 6.09 Å². The van der Waals surface area contributed by atoms with Gasteiger partial charge in [0.1, 0.15) is 34.2 Å². The number of ether oxygens (including phenoxy) is 3. The Morgan fingerprint density at radius 1 is 1.00 bits per heavy atom. The van der Waals surface area contributed by atoms with Gasteiger partial charge in [-0.2, -0.15) is 0 Å². The van der Waals surface area contributed by atoms with E-state index in [1.807, 2.05) is 11.4 Å². The number of aromatic nitrogens is 1. The number of nitrogens with one attached hydrogen (secondary N) is 3. The molecular weight excluding hydrogens is 654 g/mol. The highest BCUT2D eigenvalue weighted by Crippen LogP contribution is 2.35. The van der Waals surface area contributed by atoms with E-state index < -0.39 is 35.6 Å². The standard InChI is InChI=1S/C31H28FN5O8S2/c32-20-3-7-22(8-4-20)45-21-5-1-18(2-6-21)27(39)34-14-26(38)37-17-31(43-9-10-44-31)12-24(37)28(40)33-13-23-11-19(15-46-23)29-35-25(16-47-29)36-30(41)42/h1-8,11,15-16,24,36H,9-10,12-14,17H2,(H,33,40)(H,34,39)(H,41,42)/t24-/m0/s1. The van der Waals surface area contributed by atoms with Crippen LogP contribution in [0, 0.1) is 5.82 Å². The molecule has 47 heavy (non-hydrogen) atoms. The van der Waals surface area contributed by atoms with E-state index in [1.165, 1.54) is 64.0 Å². The minimum Gasteiger partial charge on any atom is -0.465 e. The summed E-state index contributed by atoms with van der Waals surface area (Å²) in [6.07, 6.45) is -1.06. The lowest BCUT2D eigenvalue weighted by molar-refractivity contribution is -0.152. The van der Waals surface area contributed by atoms with Gasteiger partial charge in [-0.05, 0) is 54.6 Å². The molecule has 2 aromatic heterocycles. The molecule has 4 aromatic rings. The summed E-state index contributed by atoms with van der Waals surface area (Å²) < 4.78 is 30.4. The SMILES string of the molecule is O=C(O)Nc1csc(-c2csc(CNC(=O)[C@@H]3CC4(CN3C(=O)CNC(=O)c3ccc(Oc5ccc(F)cc5)cc3)OCCO4)c2)n1. The summed E-state index contributed by atoms with van der Waals surface area (Å²) in [6.45, 7) is 0.557. The summed E-state index contributed by atoms with van der Waals surface area (Å²) >= 11 is 2.69. The summed E-state index contributed by atoms with van der Waals surface area (Å²) in [5, 5.41) is 20.7. The van der Waals surface area contributed by atoms with Crippen LogP contribution in [0.2, 0.25) is 0 Å². The van der Waals surface area contributed by atoms with E-state index in [0.29, 0.717) is 35.3 Å². The molecule has 4 heterocycles. The average Bonchev–Trinajstić information content (AvgIpc) is 3.88. The number of carboxylic acid groups (broad SMARTS) is 1. The number of benzene rings is 2. The molecule has 2 fully saturated rings. The lowest BCUT2D eigenvalue weighted by atomic mass is 10.1. The van der Waals surface area contributed by atoms with E-state index in [9.17, 15) is 23.6 Å². The van der Waals surface area contributed by atoms with Gasteiger partial charge in [-0.15, -0.1) is 22.7 Å². The Balaban J connectivity index is 1.04. The van der Waals surface area contributed by atoms with Gasteiger partial charge in [-0.1, -0.05) is 0 Å². The molecule has 2 aliphatic heterocycles. The smallest absolute Gasteiger partial charge is 0.410 e. The fourth-order valence-corrected chi connectivity index (χ4v) is 6.79. The highest BCUT2D eigenvalue weighted by Gasteiger charge is 2.52. The number of amides is 4. The average molecular weight is 682 g/mol. The van der Waals surface area contributed by atoms with Gasteiger partial charge < -0.3 is 34.9 Å². The normalized spacial score (nSPS) is 16.6. The molecule has 2 aromatic carbocycles. The predicted octanol–water partition coefficient (Wildman–Crippen LogP) is 4.28. The molecule has 1 spiro atoms. The molecule has 0 aliphatic carbocycles. The fourth-order valence-electron chi connectivity index (χ4n) is 5.16. The van der Waals surface area contributed by atoms with Crippen molar-refractivity contribution in [3.63, 3.8) is 0 Å². The van der Waals surface area contributed by atoms with Crippen molar-refractivity contribution in [2.75, 3.05) is 31.6 Å². The predicted molar refractivity (Wildman–Crippen MR) is 169 cm³/mol. The van der Waals surface area contributed by atoms with Crippen molar-refractivity contribution in [2.24, 2.45) is 0 Å². The highest BCUT2D eigenvalue weighted by molar-refractivity contribution is 7.14. The molecule has 0 unspecified atom stereocenters. The first-order chi connectivity index (χ1) is 22.7. The van der Waals surface area contributed by atoms with Crippen LogP contribution in [-0.4, -0.2) is 76.9 Å². The minimum atomic E-state index is -1.20. The van der Waals surface area contributed by atoms with Crippen LogP contribution in [0.15, 0.2) is 65.4 Å². The van der Waals surface area contributed by atoms with Crippen LogP contribution in [0.3, 0.4) is 0 Å². The molecule has 2 saturated heterocycles. The Bertz CT molecular complexity index is 1770. The van der Waals surface area contributed by atoms with Crippen molar-refractivity contribution in [2.45, 2.75) is 24.8 Å². The maximum atomic E-state index is 13.4. The molecule has 4 N–H and O–H groups in total. The van der Waals surface area contributed by atoms with Gasteiger partial charge in [0.15, 0.2) is 5.79 Å². The zero-order valence-corrected chi connectivity index (χ0v) is 26.2. The topological polar surface area (TPSA) is 168 Å². The van der Waals surface area contributed by atoms with Gasteiger partial charge in [0.25, 0.3) is 5.91 Å². The number of nitrogens with zero attached hydrogens (tertiary/aromatic N) is 2. The fraction of sp³-hybridized carbons (Fsp3) is 0.258. The van der Waals surface area contributed by atoms with Crippen LogP contribution >= 0.6 is 22.7 Å². The Kier molecular flexibility index (Phi) is 9.44. The van der Waals surface area contributed by atoms with Crippen molar-refractivity contribution in [3.8, 4) is 22.1 Å². The molecule has 4 amide bonds. The van der Waals surface area contributed by atoms with E-state index in [0.717, 1.165) is 10.4 Å². The second kappa shape index (κ2) is 13.8. The Hall–Kier alpha value is -4.90. The quantitative estimate of drug-likeness (QED) is 0.191. The molecule has 1 atom stereocenters. The van der Waals surface area contributed by atoms with E-state index in [4.69, 9.17) is 19.3 Å². The molecular formula is C31H28FN5O8S2. The molecule has 244 valence electrons. The van der Waals surface area contributed by atoms with E-state index >= 15 is 0 Å². The molecule has 2 aliphatic rings. The van der Waals surface area contributed by atoms with E-state index in [1.54, 1.807) is 17.5 Å². The second-order valence-electron chi connectivity index (χ2n) is 10.6. The third kappa shape index (κ3) is 7.74. The summed E-state index contributed by atoms with van der Waals surface area (Å²) in [4.78, 5) is 56.9. The number of likely N-dealkylation sites (tertiary alicyclic amines) is 1. The minimum absolute atomic E-state index is 0.0368. The van der Waals surface area contributed by atoms with Gasteiger partial charge in [0.05, 0.1) is 32.8 Å². The van der Waals surface area contributed by atoms with Gasteiger partial charge in [0, 0.05) is 33.2 Å².